The van der Waals surface area contributed by atoms with Crippen LogP contribution in [0, 0.1) is 0 Å². The van der Waals surface area contributed by atoms with E-state index in [9.17, 15) is 4.79 Å². The lowest BCUT2D eigenvalue weighted by Crippen LogP contribution is -2.46. The summed E-state index contributed by atoms with van der Waals surface area (Å²) in [5, 5.41) is 0. The lowest BCUT2D eigenvalue weighted by molar-refractivity contribution is -0.00546. The van der Waals surface area contributed by atoms with Gasteiger partial charge in [0.05, 0.1) is 12.2 Å². The summed E-state index contributed by atoms with van der Waals surface area (Å²) in [5.74, 6) is 1.45. The Balaban J connectivity index is 1.57. The van der Waals surface area contributed by atoms with Crippen LogP contribution in [0.15, 0.2) is 41.2 Å². The third-order valence-electron chi connectivity index (χ3n) is 5.42. The predicted molar refractivity (Wildman–Crippen MR) is 108 cm³/mol. The highest BCUT2D eigenvalue weighted by atomic mass is 16.5. The Bertz CT molecular complexity index is 812. The fraction of sp³-hybridized carbons (Fsp3) is 0.524. The summed E-state index contributed by atoms with van der Waals surface area (Å²) in [6, 6.07) is 12.5. The number of hydrogen-bond donors (Lipinski definition) is 1. The van der Waals surface area contributed by atoms with E-state index in [1.54, 1.807) is 6.07 Å². The molecule has 0 saturated carbocycles. The molecule has 0 radical (unpaired) electrons. The molecule has 0 aliphatic carbocycles. The highest BCUT2D eigenvalue weighted by Crippen LogP contribution is 2.26. The van der Waals surface area contributed by atoms with Crippen LogP contribution in [0.2, 0.25) is 0 Å². The molecule has 2 aliphatic heterocycles. The summed E-state index contributed by atoms with van der Waals surface area (Å²) < 4.78 is 5.82. The summed E-state index contributed by atoms with van der Waals surface area (Å²) >= 11 is 0. The maximum absolute atomic E-state index is 12.4. The van der Waals surface area contributed by atoms with Crippen LogP contribution in [0.25, 0.3) is 0 Å². The van der Waals surface area contributed by atoms with Crippen molar-refractivity contribution >= 4 is 11.8 Å². The average Bonchev–Trinajstić information content (AvgIpc) is 3.09. The Morgan fingerprint density at radius 1 is 1.19 bits per heavy atom. The maximum atomic E-state index is 12.4. The summed E-state index contributed by atoms with van der Waals surface area (Å²) in [6.07, 6.45) is 3.48. The molecule has 2 fully saturated rings. The molecule has 3 atom stereocenters. The molecule has 1 aromatic carbocycles. The van der Waals surface area contributed by atoms with Crippen molar-refractivity contribution in [2.75, 3.05) is 29.4 Å². The Labute approximate surface area is 160 Å². The number of H-pyrrole nitrogens is 1. The number of aromatic nitrogens is 2. The summed E-state index contributed by atoms with van der Waals surface area (Å²) in [6.45, 7) is 6.57. The highest BCUT2D eigenvalue weighted by molar-refractivity contribution is 5.45. The van der Waals surface area contributed by atoms with Crippen molar-refractivity contribution < 1.29 is 4.74 Å². The molecule has 2 aromatic rings. The van der Waals surface area contributed by atoms with Crippen LogP contribution in [-0.2, 0) is 11.2 Å². The van der Waals surface area contributed by atoms with Gasteiger partial charge in [0.25, 0.3) is 5.56 Å². The number of anilines is 2. The maximum Gasteiger partial charge on any atom is 0.254 e. The van der Waals surface area contributed by atoms with Crippen LogP contribution in [0.4, 0.5) is 11.8 Å². The number of nitrogens with zero attached hydrogens (tertiary/aromatic N) is 3. The van der Waals surface area contributed by atoms with E-state index in [1.807, 2.05) is 6.07 Å². The van der Waals surface area contributed by atoms with Crippen LogP contribution in [0.1, 0.15) is 32.3 Å². The van der Waals surface area contributed by atoms with Gasteiger partial charge >= 0.3 is 0 Å². The zero-order valence-electron chi connectivity index (χ0n) is 16.1. The van der Waals surface area contributed by atoms with Crippen LogP contribution < -0.4 is 15.4 Å². The minimum Gasteiger partial charge on any atom is -0.372 e. The monoisotopic (exact) mass is 368 g/mol. The fourth-order valence-electron chi connectivity index (χ4n) is 4.31. The number of morpholine rings is 1. The normalized spacial score (nSPS) is 25.8. The van der Waals surface area contributed by atoms with Crippen molar-refractivity contribution in [3.63, 3.8) is 0 Å². The Hall–Kier alpha value is -2.34. The number of rotatable bonds is 4. The van der Waals surface area contributed by atoms with Crippen LogP contribution in [0.3, 0.4) is 0 Å². The second kappa shape index (κ2) is 7.72. The van der Waals surface area contributed by atoms with E-state index >= 15 is 0 Å². The minimum absolute atomic E-state index is 0.0906. The topological polar surface area (TPSA) is 61.5 Å². The molecule has 144 valence electrons. The molecular formula is C21H28N4O2. The minimum atomic E-state index is -0.0906. The van der Waals surface area contributed by atoms with Gasteiger partial charge in [0.2, 0.25) is 5.95 Å². The van der Waals surface area contributed by atoms with E-state index in [2.05, 4.69) is 52.9 Å². The smallest absolute Gasteiger partial charge is 0.254 e. The number of ether oxygens (including phenoxy) is 1. The SMILES string of the molecule is C[C@@H]1CN(c2cc(=O)[nH]c(N3CCC[C@H]3Cc3ccccc3)n2)C[C@@H](C)O1. The second-order valence-electron chi connectivity index (χ2n) is 7.77. The highest BCUT2D eigenvalue weighted by Gasteiger charge is 2.28. The molecule has 2 aliphatic rings. The van der Waals surface area contributed by atoms with Gasteiger partial charge in [-0.2, -0.15) is 4.98 Å². The molecular weight excluding hydrogens is 340 g/mol. The van der Waals surface area contributed by atoms with Crippen molar-refractivity contribution in [2.45, 2.75) is 51.4 Å². The largest absolute Gasteiger partial charge is 0.372 e. The zero-order chi connectivity index (χ0) is 18.8. The standard InChI is InChI=1S/C21H28N4O2/c1-15-13-24(14-16(2)27-15)19-12-20(26)23-21(22-19)25-10-6-9-18(25)11-17-7-4-3-5-8-17/h3-5,7-8,12,15-16,18H,6,9-11,13-14H2,1-2H3,(H,22,23,26)/t15-,16-,18+/m1/s1. The summed E-state index contributed by atoms with van der Waals surface area (Å²) in [4.78, 5) is 24.6. The van der Waals surface area contributed by atoms with Gasteiger partial charge in [-0.3, -0.25) is 9.78 Å². The first-order valence-electron chi connectivity index (χ1n) is 9.91. The van der Waals surface area contributed by atoms with E-state index in [0.717, 1.165) is 44.7 Å². The molecule has 6 heteroatoms. The van der Waals surface area contributed by atoms with E-state index in [4.69, 9.17) is 9.72 Å². The zero-order valence-corrected chi connectivity index (χ0v) is 16.1. The van der Waals surface area contributed by atoms with Crippen LogP contribution in [-0.4, -0.2) is 47.9 Å². The second-order valence-corrected chi connectivity index (χ2v) is 7.77. The van der Waals surface area contributed by atoms with Gasteiger partial charge in [-0.25, -0.2) is 0 Å². The lowest BCUT2D eigenvalue weighted by Gasteiger charge is -2.36. The van der Waals surface area contributed by atoms with Crippen molar-refractivity contribution in [1.82, 2.24) is 9.97 Å². The predicted octanol–water partition coefficient (Wildman–Crippen LogP) is 2.60. The van der Waals surface area contributed by atoms with E-state index in [1.165, 1.54) is 5.56 Å². The summed E-state index contributed by atoms with van der Waals surface area (Å²) in [5.41, 5.74) is 1.23. The molecule has 1 N–H and O–H groups in total. The molecule has 0 unspecified atom stereocenters. The first-order valence-corrected chi connectivity index (χ1v) is 9.91. The molecule has 4 rings (SSSR count). The summed E-state index contributed by atoms with van der Waals surface area (Å²) in [7, 11) is 0. The molecule has 1 aromatic heterocycles. The fourth-order valence-corrected chi connectivity index (χ4v) is 4.31. The molecule has 2 saturated heterocycles. The van der Waals surface area contributed by atoms with Gasteiger partial charge in [0, 0.05) is 31.7 Å². The van der Waals surface area contributed by atoms with E-state index in [0.29, 0.717) is 12.0 Å². The third kappa shape index (κ3) is 4.16. The molecule has 6 nitrogen and oxygen atoms in total. The number of nitrogens with one attached hydrogen (secondary N) is 1. The lowest BCUT2D eigenvalue weighted by atomic mass is 10.0. The number of aromatic amines is 1. The van der Waals surface area contributed by atoms with Gasteiger partial charge in [-0.15, -0.1) is 0 Å². The first-order chi connectivity index (χ1) is 13.1. The molecule has 0 amide bonds. The van der Waals surface area contributed by atoms with Crippen molar-refractivity contribution in [1.29, 1.82) is 0 Å². The van der Waals surface area contributed by atoms with Gasteiger partial charge < -0.3 is 14.5 Å². The van der Waals surface area contributed by atoms with Crippen LogP contribution >= 0.6 is 0 Å². The van der Waals surface area contributed by atoms with Crippen molar-refractivity contribution in [3.8, 4) is 0 Å². The quantitative estimate of drug-likeness (QED) is 0.899. The van der Waals surface area contributed by atoms with Gasteiger partial charge in [0.15, 0.2) is 0 Å². The number of benzene rings is 1. The molecule has 0 spiro atoms. The van der Waals surface area contributed by atoms with Gasteiger partial charge in [-0.05, 0) is 38.7 Å². The van der Waals surface area contributed by atoms with E-state index in [-0.39, 0.29) is 17.8 Å². The molecule has 3 heterocycles. The van der Waals surface area contributed by atoms with Gasteiger partial charge in [0.1, 0.15) is 5.82 Å². The van der Waals surface area contributed by atoms with Gasteiger partial charge in [-0.1, -0.05) is 30.3 Å². The Morgan fingerprint density at radius 3 is 2.67 bits per heavy atom. The average molecular weight is 368 g/mol. The molecule has 27 heavy (non-hydrogen) atoms. The molecule has 0 bridgehead atoms. The number of hydrogen-bond acceptors (Lipinski definition) is 5. The van der Waals surface area contributed by atoms with Crippen LogP contribution in [0.5, 0.6) is 0 Å². The Kier molecular flexibility index (Phi) is 5.16. The third-order valence-corrected chi connectivity index (χ3v) is 5.42. The van der Waals surface area contributed by atoms with E-state index < -0.39 is 0 Å². The first kappa shape index (κ1) is 18.0. The van der Waals surface area contributed by atoms with Crippen molar-refractivity contribution in [2.24, 2.45) is 0 Å². The Morgan fingerprint density at radius 2 is 1.93 bits per heavy atom. The van der Waals surface area contributed by atoms with Crippen molar-refractivity contribution in [3.05, 3.63) is 52.3 Å².